The lowest BCUT2D eigenvalue weighted by molar-refractivity contribution is -0.133. The molecule has 1 aromatic rings. The van der Waals surface area contributed by atoms with Crippen LogP contribution >= 0.6 is 11.6 Å². The van der Waals surface area contributed by atoms with E-state index in [-0.39, 0.29) is 18.0 Å². The lowest BCUT2D eigenvalue weighted by atomic mass is 9.99. The highest BCUT2D eigenvalue weighted by Crippen LogP contribution is 2.34. The van der Waals surface area contributed by atoms with Crippen molar-refractivity contribution >= 4 is 23.2 Å². The highest BCUT2D eigenvalue weighted by Gasteiger charge is 2.29. The van der Waals surface area contributed by atoms with Crippen LogP contribution in [0.5, 0.6) is 5.75 Å². The first-order chi connectivity index (χ1) is 10.5. The van der Waals surface area contributed by atoms with E-state index in [1.807, 2.05) is 21.9 Å². The Bertz CT molecular complexity index is 566. The number of carbonyl (C=O) groups excluding carboxylic acids is 1. The molecule has 1 fully saturated rings. The van der Waals surface area contributed by atoms with E-state index >= 15 is 0 Å². The Hall–Kier alpha value is -1.46. The summed E-state index contributed by atoms with van der Waals surface area (Å²) in [6.45, 7) is 4.45. The van der Waals surface area contributed by atoms with Crippen LogP contribution in [-0.4, -0.2) is 49.1 Å². The van der Waals surface area contributed by atoms with Gasteiger partial charge >= 0.3 is 0 Å². The Balaban J connectivity index is 1.71. The first-order valence-electron chi connectivity index (χ1n) is 7.77. The number of halogens is 1. The predicted molar refractivity (Wildman–Crippen MR) is 87.5 cm³/mol. The van der Waals surface area contributed by atoms with Gasteiger partial charge in [-0.15, -0.1) is 0 Å². The maximum atomic E-state index is 12.6. The fourth-order valence-corrected chi connectivity index (χ4v) is 3.41. The molecule has 3 rings (SSSR count). The van der Waals surface area contributed by atoms with E-state index in [9.17, 15) is 4.79 Å². The van der Waals surface area contributed by atoms with Gasteiger partial charge in [0, 0.05) is 23.7 Å². The molecule has 0 aliphatic carbocycles. The van der Waals surface area contributed by atoms with Crippen molar-refractivity contribution in [2.75, 3.05) is 31.1 Å². The van der Waals surface area contributed by atoms with Crippen molar-refractivity contribution in [2.45, 2.75) is 31.8 Å². The van der Waals surface area contributed by atoms with Gasteiger partial charge in [0.1, 0.15) is 12.4 Å². The van der Waals surface area contributed by atoms with Gasteiger partial charge in [-0.3, -0.25) is 4.79 Å². The third-order valence-corrected chi connectivity index (χ3v) is 4.68. The maximum absolute atomic E-state index is 12.6. The lowest BCUT2D eigenvalue weighted by Gasteiger charge is -2.38. The summed E-state index contributed by atoms with van der Waals surface area (Å²) in [5.41, 5.74) is 6.87. The lowest BCUT2D eigenvalue weighted by Crippen LogP contribution is -2.52. The van der Waals surface area contributed by atoms with Gasteiger partial charge in [0.25, 0.3) is 0 Å². The molecule has 0 radical (unpaired) electrons. The summed E-state index contributed by atoms with van der Waals surface area (Å²) in [5, 5.41) is 0.652. The molecule has 0 bridgehead atoms. The van der Waals surface area contributed by atoms with E-state index in [1.54, 1.807) is 6.07 Å². The highest BCUT2D eigenvalue weighted by atomic mass is 35.5. The van der Waals surface area contributed by atoms with E-state index in [1.165, 1.54) is 0 Å². The van der Waals surface area contributed by atoms with Crippen molar-refractivity contribution in [3.8, 4) is 5.75 Å². The number of carbonyl (C=O) groups is 1. The zero-order chi connectivity index (χ0) is 15.7. The molecule has 0 aromatic heterocycles. The van der Waals surface area contributed by atoms with Crippen molar-refractivity contribution in [1.82, 2.24) is 4.90 Å². The molecule has 0 spiro atoms. The molecule has 1 amide bonds. The number of rotatable bonds is 2. The van der Waals surface area contributed by atoms with Gasteiger partial charge in [-0.1, -0.05) is 11.6 Å². The minimum absolute atomic E-state index is 0.146. The number of nitrogens with zero attached hydrogens (tertiary/aromatic N) is 2. The summed E-state index contributed by atoms with van der Waals surface area (Å²) in [7, 11) is 0. The van der Waals surface area contributed by atoms with Crippen LogP contribution in [0.4, 0.5) is 5.69 Å². The number of hydrogen-bond donors (Lipinski definition) is 1. The summed E-state index contributed by atoms with van der Waals surface area (Å²) in [4.78, 5) is 16.6. The number of anilines is 1. The fourth-order valence-electron chi connectivity index (χ4n) is 3.24. The number of hydrogen-bond acceptors (Lipinski definition) is 4. The third-order valence-electron chi connectivity index (χ3n) is 4.44. The molecule has 0 unspecified atom stereocenters. The topological polar surface area (TPSA) is 58.8 Å². The average Bonchev–Trinajstić information content (AvgIpc) is 2.47. The molecule has 1 saturated heterocycles. The van der Waals surface area contributed by atoms with Crippen LogP contribution in [-0.2, 0) is 4.79 Å². The molecule has 1 aromatic carbocycles. The van der Waals surface area contributed by atoms with Crippen LogP contribution in [0.1, 0.15) is 19.8 Å². The minimum atomic E-state index is 0.146. The molecule has 2 N–H and O–H groups in total. The van der Waals surface area contributed by atoms with Gasteiger partial charge in [-0.2, -0.15) is 0 Å². The molecule has 120 valence electrons. The molecular weight excluding hydrogens is 302 g/mol. The van der Waals surface area contributed by atoms with Crippen molar-refractivity contribution in [2.24, 2.45) is 5.73 Å². The number of ether oxygens (including phenoxy) is 1. The van der Waals surface area contributed by atoms with Crippen LogP contribution in [0.2, 0.25) is 5.02 Å². The summed E-state index contributed by atoms with van der Waals surface area (Å²) in [6.07, 6.45) is 1.75. The van der Waals surface area contributed by atoms with Crippen LogP contribution in [0.25, 0.3) is 0 Å². The standard InChI is InChI=1S/C16H22ClN3O2/c1-11-8-13(18)4-5-20(11)16(21)10-19-6-7-22-15-3-2-12(17)9-14(15)19/h2-3,9,11,13H,4-8,10,18H2,1H3/t11-,13-/m0/s1. The Morgan fingerprint density at radius 1 is 1.45 bits per heavy atom. The first kappa shape index (κ1) is 15.4. The largest absolute Gasteiger partial charge is 0.490 e. The smallest absolute Gasteiger partial charge is 0.242 e. The second kappa shape index (κ2) is 6.34. The van der Waals surface area contributed by atoms with Gasteiger partial charge < -0.3 is 20.3 Å². The van der Waals surface area contributed by atoms with Gasteiger partial charge in [0.05, 0.1) is 18.8 Å². The van der Waals surface area contributed by atoms with Crippen molar-refractivity contribution in [3.63, 3.8) is 0 Å². The van der Waals surface area contributed by atoms with E-state index in [0.29, 0.717) is 24.7 Å². The van der Waals surface area contributed by atoms with Crippen LogP contribution in [0, 0.1) is 0 Å². The van der Waals surface area contributed by atoms with Gasteiger partial charge in [0.15, 0.2) is 0 Å². The molecule has 5 nitrogen and oxygen atoms in total. The quantitative estimate of drug-likeness (QED) is 0.902. The SMILES string of the molecule is C[C@H]1C[C@@H](N)CCN1C(=O)CN1CCOc2ccc(Cl)cc21. The summed E-state index contributed by atoms with van der Waals surface area (Å²) >= 11 is 6.07. The molecule has 2 aliphatic rings. The van der Waals surface area contributed by atoms with Gasteiger partial charge in [0.2, 0.25) is 5.91 Å². The second-order valence-corrected chi connectivity index (χ2v) is 6.54. The Labute approximate surface area is 136 Å². The van der Waals surface area contributed by atoms with E-state index in [4.69, 9.17) is 22.1 Å². The van der Waals surface area contributed by atoms with E-state index < -0.39 is 0 Å². The summed E-state index contributed by atoms with van der Waals surface area (Å²) in [5.74, 6) is 0.935. The van der Waals surface area contributed by atoms with Crippen LogP contribution in [0.15, 0.2) is 18.2 Å². The third kappa shape index (κ3) is 3.15. The predicted octanol–water partition coefficient (Wildman–Crippen LogP) is 1.88. The zero-order valence-electron chi connectivity index (χ0n) is 12.8. The number of amides is 1. The molecule has 2 aliphatic heterocycles. The Morgan fingerprint density at radius 3 is 3.05 bits per heavy atom. The molecular formula is C16H22ClN3O2. The van der Waals surface area contributed by atoms with E-state index in [0.717, 1.165) is 30.8 Å². The Morgan fingerprint density at radius 2 is 2.27 bits per heavy atom. The monoisotopic (exact) mass is 323 g/mol. The van der Waals surface area contributed by atoms with Gasteiger partial charge in [-0.05, 0) is 38.0 Å². The summed E-state index contributed by atoms with van der Waals surface area (Å²) < 4.78 is 5.63. The highest BCUT2D eigenvalue weighted by molar-refractivity contribution is 6.31. The molecule has 6 heteroatoms. The van der Waals surface area contributed by atoms with E-state index in [2.05, 4.69) is 6.92 Å². The van der Waals surface area contributed by atoms with Gasteiger partial charge in [-0.25, -0.2) is 0 Å². The van der Waals surface area contributed by atoms with Crippen LogP contribution in [0.3, 0.4) is 0 Å². The van der Waals surface area contributed by atoms with Crippen molar-refractivity contribution in [3.05, 3.63) is 23.2 Å². The average molecular weight is 324 g/mol. The molecule has 2 heterocycles. The van der Waals surface area contributed by atoms with Crippen molar-refractivity contribution < 1.29 is 9.53 Å². The Kier molecular flexibility index (Phi) is 4.45. The first-order valence-corrected chi connectivity index (χ1v) is 8.14. The normalized spacial score (nSPS) is 24.7. The maximum Gasteiger partial charge on any atom is 0.242 e. The number of likely N-dealkylation sites (tertiary alicyclic amines) is 1. The zero-order valence-corrected chi connectivity index (χ0v) is 13.6. The minimum Gasteiger partial charge on any atom is -0.490 e. The molecule has 0 saturated carbocycles. The molecule has 22 heavy (non-hydrogen) atoms. The number of benzene rings is 1. The number of fused-ring (bicyclic) bond motifs is 1. The van der Waals surface area contributed by atoms with Crippen LogP contribution < -0.4 is 15.4 Å². The van der Waals surface area contributed by atoms with Crippen molar-refractivity contribution in [1.29, 1.82) is 0 Å². The summed E-state index contributed by atoms with van der Waals surface area (Å²) in [6, 6.07) is 5.94. The number of nitrogens with two attached hydrogens (primary N) is 1. The molecule has 2 atom stereocenters. The number of piperidine rings is 1. The fraction of sp³-hybridized carbons (Fsp3) is 0.562. The second-order valence-electron chi connectivity index (χ2n) is 6.10.